The average Bonchev–Trinajstić information content (AvgIpc) is 2.76. The monoisotopic (exact) mass is 252 g/mol. The predicted octanol–water partition coefficient (Wildman–Crippen LogP) is 0.808. The van der Waals surface area contributed by atoms with Crippen molar-refractivity contribution in [2.24, 2.45) is 0 Å². The van der Waals surface area contributed by atoms with Crippen LogP contribution >= 0.6 is 0 Å². The number of benzene rings is 1. The molecule has 0 amide bonds. The molecule has 3 N–H and O–H groups in total. The zero-order valence-electron chi connectivity index (χ0n) is 10.3. The molecule has 0 radical (unpaired) electrons. The van der Waals surface area contributed by atoms with Gasteiger partial charge in [0.05, 0.1) is 0 Å². The van der Waals surface area contributed by atoms with Crippen LogP contribution in [0.25, 0.3) is 0 Å². The second-order valence-corrected chi connectivity index (χ2v) is 4.08. The first-order valence-electron chi connectivity index (χ1n) is 5.66. The number of hydrogen-bond acceptors (Lipinski definition) is 5. The molecule has 0 bridgehead atoms. The molecule has 6 heteroatoms. The third-order valence-electron chi connectivity index (χ3n) is 2.86. The number of carbonyl (C=O) groups is 1. The van der Waals surface area contributed by atoms with E-state index in [-0.39, 0.29) is 6.79 Å². The van der Waals surface area contributed by atoms with Gasteiger partial charge >= 0.3 is 5.97 Å². The van der Waals surface area contributed by atoms with E-state index < -0.39 is 12.0 Å². The lowest BCUT2D eigenvalue weighted by Crippen LogP contribution is -2.39. The van der Waals surface area contributed by atoms with Gasteiger partial charge in [-0.2, -0.15) is 0 Å². The van der Waals surface area contributed by atoms with Crippen LogP contribution in [0, 0.1) is 6.92 Å². The molecule has 0 saturated carbocycles. The van der Waals surface area contributed by atoms with Crippen molar-refractivity contribution in [1.82, 2.24) is 5.32 Å². The number of carboxylic acids is 1. The first-order chi connectivity index (χ1) is 8.61. The summed E-state index contributed by atoms with van der Waals surface area (Å²) in [5.74, 6) is 0.518. The van der Waals surface area contributed by atoms with Crippen LogP contribution in [-0.4, -0.2) is 37.5 Å². The fourth-order valence-electron chi connectivity index (χ4n) is 1.76. The molecular weight excluding hydrogens is 236 g/mol. The third kappa shape index (κ3) is 2.48. The van der Waals surface area contributed by atoms with Gasteiger partial charge in [0.1, 0.15) is 6.04 Å². The molecule has 6 nitrogen and oxygen atoms in total. The number of ether oxygens (including phenoxy) is 2. The summed E-state index contributed by atoms with van der Waals surface area (Å²) in [6, 6.07) is 3.07. The van der Waals surface area contributed by atoms with Gasteiger partial charge in [0, 0.05) is 18.3 Å². The number of rotatable bonds is 5. The van der Waals surface area contributed by atoms with Crippen LogP contribution in [0.5, 0.6) is 11.5 Å². The molecule has 1 aliphatic rings. The topological polar surface area (TPSA) is 79.8 Å². The van der Waals surface area contributed by atoms with Crippen LogP contribution in [0.1, 0.15) is 5.56 Å². The Morgan fingerprint density at radius 2 is 2.11 bits per heavy atom. The molecule has 0 aromatic heterocycles. The van der Waals surface area contributed by atoms with E-state index in [1.54, 1.807) is 7.05 Å². The largest absolute Gasteiger partial charge is 0.480 e. The summed E-state index contributed by atoms with van der Waals surface area (Å²) < 4.78 is 10.5. The van der Waals surface area contributed by atoms with Crippen molar-refractivity contribution >= 4 is 11.7 Å². The van der Waals surface area contributed by atoms with Gasteiger partial charge < -0.3 is 25.2 Å². The van der Waals surface area contributed by atoms with Crippen LogP contribution < -0.4 is 20.1 Å². The molecule has 1 aromatic rings. The highest BCUT2D eigenvalue weighted by Crippen LogP contribution is 2.36. The minimum absolute atomic E-state index is 0.229. The van der Waals surface area contributed by atoms with E-state index in [4.69, 9.17) is 14.6 Å². The average molecular weight is 252 g/mol. The van der Waals surface area contributed by atoms with Crippen molar-refractivity contribution in [3.63, 3.8) is 0 Å². The standard InChI is InChI=1S/C12H16N2O4/c1-7-3-10-11(18-6-17-10)4-8(7)14-5-9(13-2)12(15)16/h3-4,9,13-14H,5-6H2,1-2H3,(H,15,16). The minimum Gasteiger partial charge on any atom is -0.480 e. The predicted molar refractivity (Wildman–Crippen MR) is 66.3 cm³/mol. The first kappa shape index (κ1) is 12.5. The van der Waals surface area contributed by atoms with Gasteiger partial charge in [0.25, 0.3) is 0 Å². The van der Waals surface area contributed by atoms with Crippen molar-refractivity contribution in [3.05, 3.63) is 17.7 Å². The summed E-state index contributed by atoms with van der Waals surface area (Å²) in [5, 5.41) is 14.7. The summed E-state index contributed by atoms with van der Waals surface area (Å²) in [6.45, 7) is 2.46. The molecule has 1 atom stereocenters. The van der Waals surface area contributed by atoms with Crippen molar-refractivity contribution < 1.29 is 19.4 Å². The first-order valence-corrected chi connectivity index (χ1v) is 5.66. The molecule has 1 unspecified atom stereocenters. The number of aliphatic carboxylic acids is 1. The second-order valence-electron chi connectivity index (χ2n) is 4.08. The van der Waals surface area contributed by atoms with Gasteiger partial charge in [-0.25, -0.2) is 0 Å². The molecule has 2 rings (SSSR count). The number of nitrogens with one attached hydrogen (secondary N) is 2. The fraction of sp³-hybridized carbons (Fsp3) is 0.417. The third-order valence-corrected chi connectivity index (χ3v) is 2.86. The highest BCUT2D eigenvalue weighted by Gasteiger charge is 2.18. The maximum absolute atomic E-state index is 10.9. The van der Waals surface area contributed by atoms with Gasteiger partial charge in [-0.1, -0.05) is 0 Å². The molecule has 0 fully saturated rings. The number of carboxylic acid groups (broad SMARTS) is 1. The Labute approximate surface area is 105 Å². The molecule has 0 aliphatic carbocycles. The van der Waals surface area contributed by atoms with Crippen LogP contribution in [0.4, 0.5) is 5.69 Å². The molecule has 1 aromatic carbocycles. The van der Waals surface area contributed by atoms with E-state index in [1.807, 2.05) is 19.1 Å². The highest BCUT2D eigenvalue weighted by atomic mass is 16.7. The summed E-state index contributed by atoms with van der Waals surface area (Å²) >= 11 is 0. The van der Waals surface area contributed by atoms with Crippen molar-refractivity contribution in [2.75, 3.05) is 25.7 Å². The number of hydrogen-bond donors (Lipinski definition) is 3. The lowest BCUT2D eigenvalue weighted by molar-refractivity contribution is -0.138. The van der Waals surface area contributed by atoms with Crippen LogP contribution in [0.3, 0.4) is 0 Å². The van der Waals surface area contributed by atoms with Crippen LogP contribution in [-0.2, 0) is 4.79 Å². The zero-order chi connectivity index (χ0) is 13.1. The molecule has 1 heterocycles. The maximum atomic E-state index is 10.9. The normalized spacial score (nSPS) is 14.3. The van der Waals surface area contributed by atoms with E-state index in [0.29, 0.717) is 12.3 Å². The maximum Gasteiger partial charge on any atom is 0.322 e. The SMILES string of the molecule is CNC(CNc1cc2c(cc1C)OCO2)C(=O)O. The van der Waals surface area contributed by atoms with Gasteiger partial charge in [-0.05, 0) is 25.6 Å². The van der Waals surface area contributed by atoms with Crippen molar-refractivity contribution in [2.45, 2.75) is 13.0 Å². The van der Waals surface area contributed by atoms with Crippen LogP contribution in [0.15, 0.2) is 12.1 Å². The van der Waals surface area contributed by atoms with Crippen molar-refractivity contribution in [3.8, 4) is 11.5 Å². The van der Waals surface area contributed by atoms with Gasteiger partial charge in [0.2, 0.25) is 6.79 Å². The Hall–Kier alpha value is -1.95. The molecule has 0 saturated heterocycles. The van der Waals surface area contributed by atoms with Gasteiger partial charge in [-0.3, -0.25) is 4.79 Å². The summed E-state index contributed by atoms with van der Waals surface area (Å²) in [7, 11) is 1.62. The minimum atomic E-state index is -0.886. The molecule has 1 aliphatic heterocycles. The lowest BCUT2D eigenvalue weighted by atomic mass is 10.1. The Morgan fingerprint density at radius 1 is 1.44 bits per heavy atom. The zero-order valence-corrected chi connectivity index (χ0v) is 10.3. The van der Waals surface area contributed by atoms with E-state index >= 15 is 0 Å². The van der Waals surface area contributed by atoms with Crippen molar-refractivity contribution in [1.29, 1.82) is 0 Å². The number of anilines is 1. The van der Waals surface area contributed by atoms with Crippen LogP contribution in [0.2, 0.25) is 0 Å². The summed E-state index contributed by atoms with van der Waals surface area (Å²) in [4.78, 5) is 10.9. The fourth-order valence-corrected chi connectivity index (χ4v) is 1.76. The Kier molecular flexibility index (Phi) is 3.57. The number of fused-ring (bicyclic) bond motifs is 1. The Balaban J connectivity index is 2.08. The lowest BCUT2D eigenvalue weighted by Gasteiger charge is -2.15. The summed E-state index contributed by atoms with van der Waals surface area (Å²) in [5.41, 5.74) is 1.83. The number of likely N-dealkylation sites (N-methyl/N-ethyl adjacent to an activating group) is 1. The summed E-state index contributed by atoms with van der Waals surface area (Å²) in [6.07, 6.45) is 0. The Morgan fingerprint density at radius 3 is 2.72 bits per heavy atom. The van der Waals surface area contributed by atoms with E-state index in [9.17, 15) is 4.79 Å². The molecular formula is C12H16N2O4. The van der Waals surface area contributed by atoms with E-state index in [0.717, 1.165) is 17.0 Å². The van der Waals surface area contributed by atoms with Gasteiger partial charge in [-0.15, -0.1) is 0 Å². The smallest absolute Gasteiger partial charge is 0.322 e. The van der Waals surface area contributed by atoms with E-state index in [2.05, 4.69) is 10.6 Å². The molecule has 98 valence electrons. The van der Waals surface area contributed by atoms with Gasteiger partial charge in [0.15, 0.2) is 11.5 Å². The quantitative estimate of drug-likeness (QED) is 0.719. The number of aryl methyl sites for hydroxylation is 1. The highest BCUT2D eigenvalue weighted by molar-refractivity contribution is 5.74. The Bertz CT molecular complexity index is 462. The second kappa shape index (κ2) is 5.14. The van der Waals surface area contributed by atoms with E-state index in [1.165, 1.54) is 0 Å². The molecule has 0 spiro atoms. The molecule has 18 heavy (non-hydrogen) atoms.